The van der Waals surface area contributed by atoms with Crippen LogP contribution in [0, 0.1) is 0 Å². The van der Waals surface area contributed by atoms with Gasteiger partial charge in [-0.3, -0.25) is 10.9 Å². The molecule has 20 heavy (non-hydrogen) atoms. The number of oxime groups is 1. The van der Waals surface area contributed by atoms with Crippen LogP contribution in [0.3, 0.4) is 0 Å². The number of para-hydroxylation sites is 1. The number of amidine groups is 1. The minimum atomic E-state index is -1.18. The molecule has 0 saturated carbocycles. The largest absolute Gasteiger partial charge is 0.476 e. The van der Waals surface area contributed by atoms with Crippen molar-refractivity contribution in [1.82, 2.24) is 10.9 Å². The Hall–Kier alpha value is -2.48. The van der Waals surface area contributed by atoms with Gasteiger partial charge in [-0.25, -0.2) is 9.79 Å². The summed E-state index contributed by atoms with van der Waals surface area (Å²) in [4.78, 5) is 19.8. The maximum absolute atomic E-state index is 11.0. The van der Waals surface area contributed by atoms with Crippen LogP contribution in [0.2, 0.25) is 0 Å². The van der Waals surface area contributed by atoms with E-state index in [4.69, 9.17) is 5.11 Å². The first-order valence-corrected chi connectivity index (χ1v) is 6.46. The monoisotopic (exact) mass is 292 g/mol. The first-order chi connectivity index (χ1) is 9.70. The Morgan fingerprint density at radius 1 is 1.30 bits per heavy atom. The normalized spacial score (nSPS) is 16.9. The van der Waals surface area contributed by atoms with Crippen molar-refractivity contribution in [2.45, 2.75) is 0 Å². The van der Waals surface area contributed by atoms with E-state index in [1.165, 1.54) is 18.9 Å². The summed E-state index contributed by atoms with van der Waals surface area (Å²) in [7, 11) is 1.29. The number of rotatable bonds is 4. The van der Waals surface area contributed by atoms with Gasteiger partial charge in [-0.1, -0.05) is 35.1 Å². The molecule has 1 aliphatic heterocycles. The number of aliphatic carboxylic acids is 1. The average molecular weight is 292 g/mol. The van der Waals surface area contributed by atoms with Crippen molar-refractivity contribution in [1.29, 1.82) is 0 Å². The van der Waals surface area contributed by atoms with E-state index in [0.29, 0.717) is 10.9 Å². The average Bonchev–Trinajstić information content (AvgIpc) is 2.47. The standard InChI is InChI=1S/C12H12N4O3S/c1-19-16-10(11(17)18)9-7-20-12(15-14-9)13-8-5-3-2-4-6-8/h2-7,14H,1H3,(H,13,15)(H,17,18). The third-order valence-electron chi connectivity index (χ3n) is 2.22. The molecule has 0 spiro atoms. The second-order valence-corrected chi connectivity index (χ2v) is 4.44. The summed E-state index contributed by atoms with van der Waals surface area (Å²) in [6, 6.07) is 9.40. The second kappa shape index (κ2) is 6.62. The Morgan fingerprint density at radius 3 is 2.60 bits per heavy atom. The van der Waals surface area contributed by atoms with Crippen molar-refractivity contribution in [3.8, 4) is 0 Å². The molecule has 1 aliphatic rings. The number of carboxylic acids is 1. The van der Waals surface area contributed by atoms with Crippen LogP contribution in [0.1, 0.15) is 0 Å². The van der Waals surface area contributed by atoms with Gasteiger partial charge in [0.15, 0.2) is 5.17 Å². The summed E-state index contributed by atoms with van der Waals surface area (Å²) in [5.74, 6) is -1.18. The Bertz CT molecular complexity index is 584. The maximum Gasteiger partial charge on any atom is 0.360 e. The van der Waals surface area contributed by atoms with Gasteiger partial charge in [0.05, 0.1) is 11.4 Å². The molecule has 1 heterocycles. The fourth-order valence-electron chi connectivity index (χ4n) is 1.38. The molecule has 104 valence electrons. The number of hydrazine groups is 1. The Kier molecular flexibility index (Phi) is 4.61. The number of thioether (sulfide) groups is 1. The van der Waals surface area contributed by atoms with E-state index >= 15 is 0 Å². The third kappa shape index (κ3) is 3.51. The number of aliphatic imine (C=N–C) groups is 1. The molecule has 0 aromatic heterocycles. The first-order valence-electron chi connectivity index (χ1n) is 5.58. The van der Waals surface area contributed by atoms with Gasteiger partial charge in [0, 0.05) is 5.41 Å². The number of hydrogen-bond donors (Lipinski definition) is 3. The number of carbonyl (C=O) groups is 1. The zero-order valence-corrected chi connectivity index (χ0v) is 11.3. The Labute approximate surface area is 119 Å². The van der Waals surface area contributed by atoms with Crippen molar-refractivity contribution in [3.05, 3.63) is 41.4 Å². The molecule has 0 amide bonds. The van der Waals surface area contributed by atoms with Crippen LogP contribution in [-0.2, 0) is 9.63 Å². The molecule has 1 aromatic rings. The molecule has 0 aliphatic carbocycles. The number of nitrogens with zero attached hydrogens (tertiary/aromatic N) is 2. The van der Waals surface area contributed by atoms with Crippen molar-refractivity contribution in [2.24, 2.45) is 10.1 Å². The fourth-order valence-corrected chi connectivity index (χ4v) is 2.05. The van der Waals surface area contributed by atoms with Crippen molar-refractivity contribution >= 4 is 34.3 Å². The van der Waals surface area contributed by atoms with E-state index in [2.05, 4.69) is 25.8 Å². The van der Waals surface area contributed by atoms with Gasteiger partial charge in [0.25, 0.3) is 0 Å². The molecule has 0 atom stereocenters. The fraction of sp³-hybridized carbons (Fsp3) is 0.0833. The minimum Gasteiger partial charge on any atom is -0.476 e. The summed E-state index contributed by atoms with van der Waals surface area (Å²) in [6.45, 7) is 0. The van der Waals surface area contributed by atoms with Gasteiger partial charge in [0.2, 0.25) is 5.71 Å². The lowest BCUT2D eigenvalue weighted by Gasteiger charge is -2.17. The molecule has 0 unspecified atom stereocenters. The molecule has 3 N–H and O–H groups in total. The zero-order valence-electron chi connectivity index (χ0n) is 10.5. The van der Waals surface area contributed by atoms with Gasteiger partial charge in [-0.2, -0.15) is 0 Å². The maximum atomic E-state index is 11.0. The van der Waals surface area contributed by atoms with Crippen LogP contribution in [0.25, 0.3) is 0 Å². The van der Waals surface area contributed by atoms with Crippen molar-refractivity contribution in [2.75, 3.05) is 7.11 Å². The number of hydrogen-bond acceptors (Lipinski definition) is 6. The molecule has 0 fully saturated rings. The number of benzene rings is 1. The highest BCUT2D eigenvalue weighted by Crippen LogP contribution is 2.17. The Morgan fingerprint density at radius 2 is 2.05 bits per heavy atom. The van der Waals surface area contributed by atoms with Gasteiger partial charge in [-0.15, -0.1) is 0 Å². The van der Waals surface area contributed by atoms with Crippen molar-refractivity contribution < 1.29 is 14.7 Å². The molecule has 0 bridgehead atoms. The molecule has 1 aromatic carbocycles. The highest BCUT2D eigenvalue weighted by atomic mass is 32.2. The van der Waals surface area contributed by atoms with Crippen molar-refractivity contribution in [3.63, 3.8) is 0 Å². The van der Waals surface area contributed by atoms with E-state index < -0.39 is 5.97 Å². The number of carboxylic acid groups (broad SMARTS) is 1. The third-order valence-corrected chi connectivity index (χ3v) is 2.99. The number of nitrogens with one attached hydrogen (secondary N) is 2. The van der Waals surface area contributed by atoms with Gasteiger partial charge in [0.1, 0.15) is 7.11 Å². The molecule has 2 rings (SSSR count). The van der Waals surface area contributed by atoms with E-state index in [0.717, 1.165) is 5.69 Å². The summed E-state index contributed by atoms with van der Waals surface area (Å²) in [5, 5.41) is 14.6. The predicted molar refractivity (Wildman–Crippen MR) is 77.6 cm³/mol. The Balaban J connectivity index is 2.12. The molecular formula is C12H12N4O3S. The van der Waals surface area contributed by atoms with Crippen LogP contribution in [0.15, 0.2) is 51.6 Å². The first kappa shape index (κ1) is 13.9. The molecular weight excluding hydrogens is 280 g/mol. The van der Waals surface area contributed by atoms with E-state index in [9.17, 15) is 4.79 Å². The quantitative estimate of drug-likeness (QED) is 0.574. The van der Waals surface area contributed by atoms with Gasteiger partial charge in [-0.05, 0) is 12.1 Å². The van der Waals surface area contributed by atoms with Crippen LogP contribution in [-0.4, -0.2) is 29.1 Å². The highest BCUT2D eigenvalue weighted by molar-refractivity contribution is 8.16. The van der Waals surface area contributed by atoms with Gasteiger partial charge < -0.3 is 9.94 Å². The van der Waals surface area contributed by atoms with Crippen LogP contribution in [0.5, 0.6) is 0 Å². The van der Waals surface area contributed by atoms with E-state index in [-0.39, 0.29) is 5.71 Å². The van der Waals surface area contributed by atoms with Gasteiger partial charge >= 0.3 is 5.97 Å². The summed E-state index contributed by atoms with van der Waals surface area (Å²) >= 11 is 1.25. The molecule has 8 heteroatoms. The van der Waals surface area contributed by atoms with E-state index in [1.54, 1.807) is 5.41 Å². The lowest BCUT2D eigenvalue weighted by Crippen LogP contribution is -2.41. The topological polar surface area (TPSA) is 95.3 Å². The summed E-state index contributed by atoms with van der Waals surface area (Å²) in [5.41, 5.74) is 6.41. The SMILES string of the molecule is CON=C(C(=O)O)C1=CSC(=Nc2ccccc2)NN1. The molecule has 0 saturated heterocycles. The smallest absolute Gasteiger partial charge is 0.360 e. The lowest BCUT2D eigenvalue weighted by molar-refractivity contribution is -0.129. The molecule has 0 radical (unpaired) electrons. The van der Waals surface area contributed by atoms with E-state index in [1.807, 2.05) is 30.3 Å². The second-order valence-electron chi connectivity index (χ2n) is 3.58. The highest BCUT2D eigenvalue weighted by Gasteiger charge is 2.20. The summed E-state index contributed by atoms with van der Waals surface area (Å²) in [6.07, 6.45) is 0. The lowest BCUT2D eigenvalue weighted by atomic mass is 10.3. The predicted octanol–water partition coefficient (Wildman–Crippen LogP) is 1.44. The molecule has 7 nitrogen and oxygen atoms in total. The summed E-state index contributed by atoms with van der Waals surface area (Å²) < 4.78 is 0. The zero-order chi connectivity index (χ0) is 14.4. The van der Waals surface area contributed by atoms with Crippen LogP contribution < -0.4 is 10.9 Å². The minimum absolute atomic E-state index is 0.216. The van der Waals surface area contributed by atoms with Crippen LogP contribution in [0.4, 0.5) is 5.69 Å². The van der Waals surface area contributed by atoms with Crippen LogP contribution >= 0.6 is 11.8 Å².